The van der Waals surface area contributed by atoms with E-state index in [4.69, 9.17) is 0 Å². The molecule has 7 heavy (non-hydrogen) atoms. The second-order valence-corrected chi connectivity index (χ2v) is 0.816. The Labute approximate surface area is 40.6 Å². The molecule has 0 aliphatic rings. The van der Waals surface area contributed by atoms with Gasteiger partial charge in [-0.1, -0.05) is 0 Å². The van der Waals surface area contributed by atoms with E-state index in [-0.39, 0.29) is 6.33 Å². The number of ether oxygens (including phenoxy) is 1. The van der Waals surface area contributed by atoms with Gasteiger partial charge in [0.2, 0.25) is 0 Å². The van der Waals surface area contributed by atoms with Gasteiger partial charge in [0.25, 0.3) is 0 Å². The van der Waals surface area contributed by atoms with Crippen LogP contribution >= 0.6 is 0 Å². The number of hydrogen-bond acceptors (Lipinski definition) is 2. The summed E-state index contributed by atoms with van der Waals surface area (Å²) in [5, 5.41) is 0. The van der Waals surface area contributed by atoms with E-state index in [9.17, 15) is 9.18 Å². The average molecular weight is 104 g/mol. The summed E-state index contributed by atoms with van der Waals surface area (Å²) in [5.74, 6) is -0.678. The molecule has 40 valence electrons. The van der Waals surface area contributed by atoms with Crippen molar-refractivity contribution in [1.82, 2.24) is 0 Å². The zero-order valence-corrected chi connectivity index (χ0v) is 3.85. The molecule has 2 nitrogen and oxygen atoms in total. The molecule has 0 fully saturated rings. The van der Waals surface area contributed by atoms with Crippen LogP contribution < -0.4 is 0 Å². The third-order valence-corrected chi connectivity index (χ3v) is 0.400. The molecular formula is C4H5FO2. The molecule has 0 unspecified atom stereocenters. The minimum atomic E-state index is -0.678. The number of carbonyl (C=O) groups excluding carboxylic acids is 1. The Hall–Kier alpha value is -0.860. The minimum absolute atomic E-state index is 0.131. The van der Waals surface area contributed by atoms with Gasteiger partial charge in [-0.2, -0.15) is 0 Å². The van der Waals surface area contributed by atoms with E-state index in [1.54, 1.807) is 0 Å². The molecule has 0 aromatic heterocycles. The highest BCUT2D eigenvalue weighted by Gasteiger charge is 1.85. The Kier molecular flexibility index (Phi) is 2.92. The molecule has 0 aromatic carbocycles. The largest absolute Gasteiger partial charge is 0.466 e. The summed E-state index contributed by atoms with van der Waals surface area (Å²) in [4.78, 5) is 9.86. The maximum absolute atomic E-state index is 10.9. The van der Waals surface area contributed by atoms with Crippen molar-refractivity contribution >= 4 is 5.97 Å². The molecule has 0 aliphatic carbocycles. The van der Waals surface area contributed by atoms with Crippen LogP contribution in [0, 0.1) is 0 Å². The fourth-order valence-corrected chi connectivity index (χ4v) is 0.119. The summed E-state index contributed by atoms with van der Waals surface area (Å²) in [6.45, 7) is 0. The summed E-state index contributed by atoms with van der Waals surface area (Å²) in [7, 11) is 1.18. The van der Waals surface area contributed by atoms with Gasteiger partial charge in [-0.05, 0) is 0 Å². The monoisotopic (exact) mass is 104 g/mol. The molecule has 0 N–H and O–H groups in total. The lowest BCUT2D eigenvalue weighted by Gasteiger charge is -1.83. The first-order valence-electron chi connectivity index (χ1n) is 1.66. The second kappa shape index (κ2) is 3.33. The molecule has 0 bridgehead atoms. The fourth-order valence-electron chi connectivity index (χ4n) is 0.119. The van der Waals surface area contributed by atoms with Crippen LogP contribution in [-0.2, 0) is 9.53 Å². The van der Waals surface area contributed by atoms with E-state index in [1.165, 1.54) is 7.11 Å². The number of esters is 1. The highest BCUT2D eigenvalue weighted by Crippen LogP contribution is 1.75. The smallest absolute Gasteiger partial charge is 0.332 e. The van der Waals surface area contributed by atoms with Gasteiger partial charge in [0.05, 0.1) is 19.5 Å². The summed E-state index contributed by atoms with van der Waals surface area (Å²) in [6.07, 6.45) is 0.825. The maximum atomic E-state index is 10.9. The number of rotatable bonds is 1. The first-order chi connectivity index (χ1) is 3.31. The van der Waals surface area contributed by atoms with Crippen molar-refractivity contribution in [2.45, 2.75) is 0 Å². The summed E-state index contributed by atoms with van der Waals surface area (Å²) >= 11 is 0. The van der Waals surface area contributed by atoms with Crippen molar-refractivity contribution in [2.75, 3.05) is 7.11 Å². The van der Waals surface area contributed by atoms with E-state index in [0.29, 0.717) is 6.08 Å². The zero-order valence-electron chi connectivity index (χ0n) is 3.85. The number of hydrogen-bond donors (Lipinski definition) is 0. The molecule has 0 amide bonds. The van der Waals surface area contributed by atoms with Crippen LogP contribution in [0.15, 0.2) is 12.4 Å². The van der Waals surface area contributed by atoms with Crippen LogP contribution in [-0.4, -0.2) is 13.1 Å². The van der Waals surface area contributed by atoms with Crippen molar-refractivity contribution in [3.8, 4) is 0 Å². The summed E-state index contributed by atoms with van der Waals surface area (Å²) in [5.41, 5.74) is 0. The van der Waals surface area contributed by atoms with E-state index < -0.39 is 5.97 Å². The zero-order chi connectivity index (χ0) is 5.70. The Balaban J connectivity index is 3.37. The van der Waals surface area contributed by atoms with E-state index in [1.807, 2.05) is 0 Å². The van der Waals surface area contributed by atoms with Crippen molar-refractivity contribution in [3.63, 3.8) is 0 Å². The Morgan fingerprint density at radius 3 is 2.57 bits per heavy atom. The van der Waals surface area contributed by atoms with Crippen molar-refractivity contribution in [3.05, 3.63) is 12.4 Å². The van der Waals surface area contributed by atoms with Gasteiger partial charge in [-0.3, -0.25) is 0 Å². The van der Waals surface area contributed by atoms with Crippen LogP contribution in [0.5, 0.6) is 0 Å². The first kappa shape index (κ1) is 6.14. The van der Waals surface area contributed by atoms with Gasteiger partial charge in [-0.15, -0.1) is 0 Å². The van der Waals surface area contributed by atoms with Gasteiger partial charge in [-0.25, -0.2) is 9.18 Å². The number of methoxy groups -OCH3 is 1. The molecule has 0 atom stereocenters. The molecule has 3 heteroatoms. The third-order valence-electron chi connectivity index (χ3n) is 0.400. The topological polar surface area (TPSA) is 26.3 Å². The van der Waals surface area contributed by atoms with Crippen molar-refractivity contribution < 1.29 is 13.9 Å². The number of carbonyl (C=O) groups is 1. The molecule has 0 aliphatic heterocycles. The molecular weight excluding hydrogens is 99.0 g/mol. The Morgan fingerprint density at radius 1 is 1.86 bits per heavy atom. The summed E-state index contributed by atoms with van der Waals surface area (Å²) < 4.78 is 15.0. The molecule has 0 radical (unpaired) electrons. The Bertz CT molecular complexity index is 87.7. The van der Waals surface area contributed by atoms with Crippen LogP contribution in [0.1, 0.15) is 0 Å². The van der Waals surface area contributed by atoms with Gasteiger partial charge < -0.3 is 4.74 Å². The maximum Gasteiger partial charge on any atom is 0.332 e. The lowest BCUT2D eigenvalue weighted by atomic mass is 10.7. The highest BCUT2D eigenvalue weighted by atomic mass is 19.1. The standard InChI is InChI=1S/C4H5FO2/c1-7-4(6)2-3-5/h2-3H,1H3. The fraction of sp³-hybridized carbons (Fsp3) is 0.250. The highest BCUT2D eigenvalue weighted by molar-refractivity contribution is 5.81. The van der Waals surface area contributed by atoms with E-state index in [0.717, 1.165) is 0 Å². The Morgan fingerprint density at radius 2 is 2.43 bits per heavy atom. The minimum Gasteiger partial charge on any atom is -0.466 e. The third kappa shape index (κ3) is 2.96. The lowest BCUT2D eigenvalue weighted by molar-refractivity contribution is -0.134. The molecule has 0 rings (SSSR count). The van der Waals surface area contributed by atoms with Gasteiger partial charge in [0.1, 0.15) is 0 Å². The SMILES string of the molecule is COC(=O)C=CF. The molecule has 0 saturated carbocycles. The predicted molar refractivity (Wildman–Crippen MR) is 22.3 cm³/mol. The summed E-state index contributed by atoms with van der Waals surface area (Å²) in [6, 6.07) is 0. The van der Waals surface area contributed by atoms with Crippen LogP contribution in [0.4, 0.5) is 4.39 Å². The molecule has 0 aromatic rings. The quantitative estimate of drug-likeness (QED) is 0.360. The van der Waals surface area contributed by atoms with Crippen molar-refractivity contribution in [1.29, 1.82) is 0 Å². The van der Waals surface area contributed by atoms with Crippen LogP contribution in [0.25, 0.3) is 0 Å². The number of halogens is 1. The lowest BCUT2D eigenvalue weighted by Crippen LogP contribution is -1.92. The van der Waals surface area contributed by atoms with Gasteiger partial charge in [0, 0.05) is 0 Å². The van der Waals surface area contributed by atoms with Crippen LogP contribution in [0.2, 0.25) is 0 Å². The average Bonchev–Trinajstić information content (AvgIpc) is 1.68. The van der Waals surface area contributed by atoms with E-state index >= 15 is 0 Å². The van der Waals surface area contributed by atoms with E-state index in [2.05, 4.69) is 4.74 Å². The first-order valence-corrected chi connectivity index (χ1v) is 1.66. The van der Waals surface area contributed by atoms with Gasteiger partial charge in [0.15, 0.2) is 0 Å². The molecule has 0 saturated heterocycles. The normalized spacial score (nSPS) is 9.43. The van der Waals surface area contributed by atoms with Crippen LogP contribution in [0.3, 0.4) is 0 Å². The second-order valence-electron chi connectivity index (χ2n) is 0.816. The van der Waals surface area contributed by atoms with Crippen molar-refractivity contribution in [2.24, 2.45) is 0 Å². The van der Waals surface area contributed by atoms with Gasteiger partial charge >= 0.3 is 5.97 Å². The predicted octanol–water partition coefficient (Wildman–Crippen LogP) is 0.643. The molecule has 0 spiro atoms. The molecule has 0 heterocycles.